The fourth-order valence-corrected chi connectivity index (χ4v) is 2.07. The van der Waals surface area contributed by atoms with E-state index >= 15 is 0 Å². The Morgan fingerprint density at radius 3 is 2.82 bits per heavy atom. The van der Waals surface area contributed by atoms with Crippen molar-refractivity contribution in [2.24, 2.45) is 12.8 Å². The number of nitrogens with one attached hydrogen (secondary N) is 1. The van der Waals surface area contributed by atoms with Crippen molar-refractivity contribution >= 4 is 10.2 Å². The lowest BCUT2D eigenvalue weighted by molar-refractivity contribution is 0.451. The summed E-state index contributed by atoms with van der Waals surface area (Å²) in [5, 5.41) is 7.45. The van der Waals surface area contributed by atoms with Gasteiger partial charge in [-0.15, -0.1) is 10.2 Å². The minimum Gasteiger partial charge on any atom is -0.330 e. The SMILES string of the molecule is CN(CCCN)S(=O)(=O)NCc1nncn1C. The maximum atomic E-state index is 11.8. The first-order valence-electron chi connectivity index (χ1n) is 5.21. The Balaban J connectivity index is 2.52. The van der Waals surface area contributed by atoms with E-state index < -0.39 is 10.2 Å². The van der Waals surface area contributed by atoms with E-state index in [2.05, 4.69) is 14.9 Å². The molecule has 0 atom stereocenters. The van der Waals surface area contributed by atoms with Crippen LogP contribution in [0.15, 0.2) is 6.33 Å². The molecule has 98 valence electrons. The van der Waals surface area contributed by atoms with E-state index in [0.29, 0.717) is 25.3 Å². The third-order valence-corrected chi connectivity index (χ3v) is 3.82. The predicted octanol–water partition coefficient (Wildman–Crippen LogP) is -1.57. The highest BCUT2D eigenvalue weighted by Crippen LogP contribution is 1.98. The molecule has 8 nitrogen and oxygen atoms in total. The summed E-state index contributed by atoms with van der Waals surface area (Å²) in [7, 11) is -0.218. The van der Waals surface area contributed by atoms with Gasteiger partial charge in [0.15, 0.2) is 0 Å². The molecule has 1 aromatic heterocycles. The van der Waals surface area contributed by atoms with Gasteiger partial charge >= 0.3 is 0 Å². The van der Waals surface area contributed by atoms with Gasteiger partial charge in [0.2, 0.25) is 0 Å². The molecule has 1 rings (SSSR count). The van der Waals surface area contributed by atoms with E-state index in [1.54, 1.807) is 11.6 Å². The highest BCUT2D eigenvalue weighted by atomic mass is 32.2. The summed E-state index contributed by atoms with van der Waals surface area (Å²) in [6, 6.07) is 0. The molecule has 0 saturated heterocycles. The molecule has 0 aliphatic rings. The number of nitrogens with zero attached hydrogens (tertiary/aromatic N) is 4. The first-order valence-corrected chi connectivity index (χ1v) is 6.65. The molecule has 0 fully saturated rings. The molecular formula is C8H18N6O2S. The summed E-state index contributed by atoms with van der Waals surface area (Å²) in [5.74, 6) is 0.556. The number of rotatable bonds is 7. The summed E-state index contributed by atoms with van der Waals surface area (Å²) in [5.41, 5.74) is 5.33. The Labute approximate surface area is 101 Å². The van der Waals surface area contributed by atoms with Gasteiger partial charge < -0.3 is 10.3 Å². The third-order valence-electron chi connectivity index (χ3n) is 2.31. The third kappa shape index (κ3) is 4.04. The molecule has 0 aliphatic heterocycles. The summed E-state index contributed by atoms with van der Waals surface area (Å²) >= 11 is 0. The molecule has 0 bridgehead atoms. The zero-order valence-electron chi connectivity index (χ0n) is 10.00. The van der Waals surface area contributed by atoms with Crippen LogP contribution in [0.5, 0.6) is 0 Å². The molecule has 3 N–H and O–H groups in total. The van der Waals surface area contributed by atoms with Gasteiger partial charge in [0.25, 0.3) is 10.2 Å². The van der Waals surface area contributed by atoms with Crippen molar-refractivity contribution in [2.45, 2.75) is 13.0 Å². The number of hydrogen-bond donors (Lipinski definition) is 2. The zero-order chi connectivity index (χ0) is 12.9. The van der Waals surface area contributed by atoms with Crippen LogP contribution < -0.4 is 10.5 Å². The Hall–Kier alpha value is -1.03. The molecule has 0 radical (unpaired) electrons. The van der Waals surface area contributed by atoms with Gasteiger partial charge in [0.05, 0.1) is 6.54 Å². The van der Waals surface area contributed by atoms with Crippen LogP contribution in [0.1, 0.15) is 12.2 Å². The molecule has 9 heteroatoms. The fraction of sp³-hybridized carbons (Fsp3) is 0.750. The largest absolute Gasteiger partial charge is 0.330 e. The van der Waals surface area contributed by atoms with Crippen LogP contribution in [0.3, 0.4) is 0 Å². The van der Waals surface area contributed by atoms with Crippen LogP contribution in [0.2, 0.25) is 0 Å². The summed E-state index contributed by atoms with van der Waals surface area (Å²) in [6.07, 6.45) is 2.14. The van der Waals surface area contributed by atoms with Gasteiger partial charge in [-0.25, -0.2) is 0 Å². The fourth-order valence-electron chi connectivity index (χ4n) is 1.17. The molecule has 0 aliphatic carbocycles. The van der Waals surface area contributed by atoms with Crippen LogP contribution in [0, 0.1) is 0 Å². The minimum atomic E-state index is -3.48. The van der Waals surface area contributed by atoms with Gasteiger partial charge in [0, 0.05) is 20.6 Å². The molecule has 0 unspecified atom stereocenters. The standard InChI is InChI=1S/C8H18N6O2S/c1-13-7-10-12-8(13)6-11-17(15,16)14(2)5-3-4-9/h7,11H,3-6,9H2,1-2H3. The average Bonchev–Trinajstić information content (AvgIpc) is 2.69. The Bertz CT molecular complexity index is 443. The van der Waals surface area contributed by atoms with E-state index in [4.69, 9.17) is 5.73 Å². The molecule has 0 saturated carbocycles. The van der Waals surface area contributed by atoms with Crippen molar-refractivity contribution in [3.8, 4) is 0 Å². The molecule has 17 heavy (non-hydrogen) atoms. The molecule has 1 heterocycles. The minimum absolute atomic E-state index is 0.117. The number of hydrogen-bond acceptors (Lipinski definition) is 5. The van der Waals surface area contributed by atoms with Gasteiger partial charge in [-0.2, -0.15) is 17.4 Å². The van der Waals surface area contributed by atoms with Crippen molar-refractivity contribution in [3.05, 3.63) is 12.2 Å². The van der Waals surface area contributed by atoms with E-state index in [0.717, 1.165) is 0 Å². The molecule has 0 spiro atoms. The normalized spacial score (nSPS) is 12.2. The monoisotopic (exact) mass is 262 g/mol. The van der Waals surface area contributed by atoms with E-state index in [9.17, 15) is 8.42 Å². The van der Waals surface area contributed by atoms with Crippen molar-refractivity contribution in [2.75, 3.05) is 20.1 Å². The zero-order valence-corrected chi connectivity index (χ0v) is 10.8. The lowest BCUT2D eigenvalue weighted by Gasteiger charge is -2.16. The number of nitrogens with two attached hydrogens (primary N) is 1. The van der Waals surface area contributed by atoms with Crippen LogP contribution in [-0.4, -0.2) is 47.6 Å². The lowest BCUT2D eigenvalue weighted by Crippen LogP contribution is -2.39. The Kier molecular flexibility index (Phi) is 5.00. The summed E-state index contributed by atoms with van der Waals surface area (Å²) in [4.78, 5) is 0. The predicted molar refractivity (Wildman–Crippen MR) is 63.1 cm³/mol. The van der Waals surface area contributed by atoms with Gasteiger partial charge in [-0.05, 0) is 13.0 Å². The summed E-state index contributed by atoms with van der Waals surface area (Å²) in [6.45, 7) is 0.972. The van der Waals surface area contributed by atoms with Crippen LogP contribution in [-0.2, 0) is 23.8 Å². The highest BCUT2D eigenvalue weighted by Gasteiger charge is 2.17. The van der Waals surface area contributed by atoms with Crippen molar-refractivity contribution in [1.82, 2.24) is 23.8 Å². The van der Waals surface area contributed by atoms with Crippen LogP contribution >= 0.6 is 0 Å². The quantitative estimate of drug-likeness (QED) is 0.617. The number of aromatic nitrogens is 3. The van der Waals surface area contributed by atoms with Gasteiger partial charge in [-0.1, -0.05) is 0 Å². The molecule has 0 amide bonds. The Morgan fingerprint density at radius 2 is 2.29 bits per heavy atom. The average molecular weight is 262 g/mol. The van der Waals surface area contributed by atoms with Gasteiger partial charge in [0.1, 0.15) is 12.2 Å². The van der Waals surface area contributed by atoms with Crippen molar-refractivity contribution in [3.63, 3.8) is 0 Å². The van der Waals surface area contributed by atoms with Gasteiger partial charge in [-0.3, -0.25) is 0 Å². The second kappa shape index (κ2) is 6.05. The molecular weight excluding hydrogens is 244 g/mol. The van der Waals surface area contributed by atoms with E-state index in [1.165, 1.54) is 17.7 Å². The lowest BCUT2D eigenvalue weighted by atomic mass is 10.4. The topological polar surface area (TPSA) is 106 Å². The van der Waals surface area contributed by atoms with Crippen LogP contribution in [0.4, 0.5) is 0 Å². The van der Waals surface area contributed by atoms with E-state index in [-0.39, 0.29) is 6.54 Å². The second-order valence-electron chi connectivity index (χ2n) is 3.65. The summed E-state index contributed by atoms with van der Waals surface area (Å²) < 4.78 is 28.9. The Morgan fingerprint density at radius 1 is 1.59 bits per heavy atom. The number of aryl methyl sites for hydroxylation is 1. The first kappa shape index (κ1) is 14.0. The maximum Gasteiger partial charge on any atom is 0.279 e. The maximum absolute atomic E-state index is 11.8. The van der Waals surface area contributed by atoms with Crippen molar-refractivity contribution in [1.29, 1.82) is 0 Å². The molecule has 0 aromatic carbocycles. The van der Waals surface area contributed by atoms with Crippen LogP contribution in [0.25, 0.3) is 0 Å². The van der Waals surface area contributed by atoms with E-state index in [1.807, 2.05) is 0 Å². The van der Waals surface area contributed by atoms with Crippen molar-refractivity contribution < 1.29 is 8.42 Å². The first-order chi connectivity index (χ1) is 7.97. The smallest absolute Gasteiger partial charge is 0.279 e. The highest BCUT2D eigenvalue weighted by molar-refractivity contribution is 7.87. The molecule has 1 aromatic rings. The second-order valence-corrected chi connectivity index (χ2v) is 5.51.